The van der Waals surface area contributed by atoms with Crippen molar-refractivity contribution in [3.63, 3.8) is 0 Å². The topological polar surface area (TPSA) is 137 Å². The summed E-state index contributed by atoms with van der Waals surface area (Å²) < 4.78 is 1.23. The summed E-state index contributed by atoms with van der Waals surface area (Å²) in [4.78, 5) is 4.57. The van der Waals surface area contributed by atoms with E-state index in [9.17, 15) is 15.3 Å². The van der Waals surface area contributed by atoms with Crippen molar-refractivity contribution in [3.05, 3.63) is 66.5 Å². The molecule has 2 aromatic carbocycles. The maximum atomic E-state index is 10.4. The van der Waals surface area contributed by atoms with Crippen LogP contribution in [0.15, 0.2) is 60.7 Å². The van der Waals surface area contributed by atoms with E-state index in [-0.39, 0.29) is 11.6 Å². The summed E-state index contributed by atoms with van der Waals surface area (Å²) in [6.07, 6.45) is -4.82. The van der Waals surface area contributed by atoms with Crippen molar-refractivity contribution >= 4 is 5.78 Å². The van der Waals surface area contributed by atoms with Gasteiger partial charge in [0.05, 0.1) is 6.61 Å². The average Bonchev–Trinajstić information content (AvgIpc) is 3.20. The van der Waals surface area contributed by atoms with E-state index in [1.165, 1.54) is 4.52 Å². The molecule has 0 saturated carbocycles. The number of aliphatic hydroxyl groups excluding tert-OH is 4. The SMILES string of the molecule is OC[C@@H](O)[C@H](O)[C@@H](O)c1nnc2nc(-c3ccccc3)c(-c3ccccc3)nn12. The summed E-state index contributed by atoms with van der Waals surface area (Å²) in [5.74, 6) is 0.0348. The van der Waals surface area contributed by atoms with Gasteiger partial charge in [0.2, 0.25) is 0 Å². The number of hydrogen-bond acceptors (Lipinski definition) is 8. The van der Waals surface area contributed by atoms with Crippen molar-refractivity contribution in [1.82, 2.24) is 24.8 Å². The third-order valence-corrected chi connectivity index (χ3v) is 4.55. The van der Waals surface area contributed by atoms with E-state index >= 15 is 0 Å². The molecule has 9 heteroatoms. The minimum absolute atomic E-state index is 0.0932. The number of rotatable bonds is 6. The Balaban J connectivity index is 1.90. The van der Waals surface area contributed by atoms with Gasteiger partial charge in [0.1, 0.15) is 29.7 Å². The fraction of sp³-hybridized carbons (Fsp3) is 0.200. The van der Waals surface area contributed by atoms with E-state index in [2.05, 4.69) is 20.3 Å². The van der Waals surface area contributed by atoms with Gasteiger partial charge in [0.15, 0.2) is 5.82 Å². The zero-order valence-corrected chi connectivity index (χ0v) is 15.2. The van der Waals surface area contributed by atoms with Crippen LogP contribution in [0.5, 0.6) is 0 Å². The van der Waals surface area contributed by atoms with Crippen molar-refractivity contribution in [1.29, 1.82) is 0 Å². The Labute approximate surface area is 165 Å². The quantitative estimate of drug-likeness (QED) is 0.374. The molecule has 0 spiro atoms. The summed E-state index contributed by atoms with van der Waals surface area (Å²) in [5, 5.41) is 51.6. The van der Waals surface area contributed by atoms with E-state index < -0.39 is 24.9 Å². The Morgan fingerprint density at radius 1 is 0.793 bits per heavy atom. The molecule has 3 atom stereocenters. The largest absolute Gasteiger partial charge is 0.394 e. The number of nitrogens with zero attached hydrogens (tertiary/aromatic N) is 5. The summed E-state index contributed by atoms with van der Waals surface area (Å²) in [5.41, 5.74) is 2.76. The van der Waals surface area contributed by atoms with E-state index in [1.807, 2.05) is 60.7 Å². The standard InChI is InChI=1S/C20H19N5O4/c26-11-14(27)17(28)18(29)19-22-23-20-21-15(12-7-3-1-4-8-12)16(24-25(19)20)13-9-5-2-6-10-13/h1-10,14,17-18,26-29H,11H2/t14-,17+,18-/m1/s1. The molecule has 0 bridgehead atoms. The summed E-state index contributed by atoms with van der Waals surface area (Å²) in [7, 11) is 0. The molecule has 0 aliphatic heterocycles. The van der Waals surface area contributed by atoms with Gasteiger partial charge in [-0.2, -0.15) is 9.61 Å². The molecule has 4 aromatic rings. The molecule has 0 aliphatic carbocycles. The average molecular weight is 393 g/mol. The minimum atomic E-state index is -1.66. The van der Waals surface area contributed by atoms with E-state index in [0.29, 0.717) is 11.4 Å². The van der Waals surface area contributed by atoms with Gasteiger partial charge in [-0.25, -0.2) is 4.98 Å². The number of hydrogen-bond donors (Lipinski definition) is 4. The first kappa shape index (κ1) is 19.1. The van der Waals surface area contributed by atoms with Gasteiger partial charge >= 0.3 is 0 Å². The van der Waals surface area contributed by atoms with Crippen molar-refractivity contribution in [2.24, 2.45) is 0 Å². The Morgan fingerprint density at radius 2 is 1.38 bits per heavy atom. The first-order valence-electron chi connectivity index (χ1n) is 8.99. The van der Waals surface area contributed by atoms with Gasteiger partial charge in [-0.1, -0.05) is 60.7 Å². The van der Waals surface area contributed by atoms with Gasteiger partial charge in [0, 0.05) is 11.1 Å². The summed E-state index contributed by atoms with van der Waals surface area (Å²) in [6, 6.07) is 18.9. The van der Waals surface area contributed by atoms with Crippen LogP contribution < -0.4 is 0 Å². The maximum Gasteiger partial charge on any atom is 0.272 e. The molecule has 4 rings (SSSR count). The smallest absolute Gasteiger partial charge is 0.272 e. The lowest BCUT2D eigenvalue weighted by Gasteiger charge is -2.20. The number of fused-ring (bicyclic) bond motifs is 1. The fourth-order valence-electron chi connectivity index (χ4n) is 2.99. The monoisotopic (exact) mass is 393 g/mol. The second-order valence-electron chi connectivity index (χ2n) is 6.50. The molecule has 2 aromatic heterocycles. The first-order valence-corrected chi connectivity index (χ1v) is 8.99. The third-order valence-electron chi connectivity index (χ3n) is 4.55. The zero-order valence-electron chi connectivity index (χ0n) is 15.2. The van der Waals surface area contributed by atoms with Gasteiger partial charge < -0.3 is 20.4 Å². The maximum absolute atomic E-state index is 10.4. The predicted molar refractivity (Wildman–Crippen MR) is 104 cm³/mol. The Bertz CT molecular complexity index is 1100. The minimum Gasteiger partial charge on any atom is -0.394 e. The molecular formula is C20H19N5O4. The number of benzene rings is 2. The van der Waals surface area contributed by atoms with Crippen LogP contribution in [-0.4, -0.2) is 64.0 Å². The normalized spacial score (nSPS) is 14.6. The van der Waals surface area contributed by atoms with Crippen molar-refractivity contribution in [3.8, 4) is 22.5 Å². The fourth-order valence-corrected chi connectivity index (χ4v) is 2.99. The lowest BCUT2D eigenvalue weighted by atomic mass is 10.0. The molecular weight excluding hydrogens is 374 g/mol. The first-order chi connectivity index (χ1) is 14.1. The van der Waals surface area contributed by atoms with Gasteiger partial charge in [-0.05, 0) is 0 Å². The van der Waals surface area contributed by atoms with Gasteiger partial charge in [0.25, 0.3) is 5.78 Å². The van der Waals surface area contributed by atoms with Gasteiger partial charge in [-0.15, -0.1) is 10.2 Å². The van der Waals surface area contributed by atoms with Crippen LogP contribution in [-0.2, 0) is 0 Å². The highest BCUT2D eigenvalue weighted by Crippen LogP contribution is 2.29. The van der Waals surface area contributed by atoms with Crippen LogP contribution in [0.3, 0.4) is 0 Å². The molecule has 29 heavy (non-hydrogen) atoms. The van der Waals surface area contributed by atoms with E-state index in [0.717, 1.165) is 11.1 Å². The van der Waals surface area contributed by atoms with E-state index in [1.54, 1.807) is 0 Å². The highest BCUT2D eigenvalue weighted by Gasteiger charge is 2.30. The Kier molecular flexibility index (Phi) is 5.28. The molecule has 0 fully saturated rings. The summed E-state index contributed by atoms with van der Waals surface area (Å²) in [6.45, 7) is -0.714. The zero-order chi connectivity index (χ0) is 20.4. The molecule has 9 nitrogen and oxygen atoms in total. The van der Waals surface area contributed by atoms with Crippen LogP contribution in [0.4, 0.5) is 0 Å². The molecule has 148 valence electrons. The third kappa shape index (κ3) is 3.59. The Hall–Kier alpha value is -3.24. The van der Waals surface area contributed by atoms with Crippen LogP contribution >= 0.6 is 0 Å². The van der Waals surface area contributed by atoms with Gasteiger partial charge in [-0.3, -0.25) is 0 Å². The van der Waals surface area contributed by atoms with Crippen molar-refractivity contribution in [2.45, 2.75) is 18.3 Å². The van der Waals surface area contributed by atoms with Crippen molar-refractivity contribution in [2.75, 3.05) is 6.61 Å². The second kappa shape index (κ2) is 8.02. The lowest BCUT2D eigenvalue weighted by Crippen LogP contribution is -2.35. The molecule has 0 amide bonds. The van der Waals surface area contributed by atoms with Crippen LogP contribution in [0.1, 0.15) is 11.9 Å². The van der Waals surface area contributed by atoms with Crippen molar-refractivity contribution < 1.29 is 20.4 Å². The molecule has 0 saturated heterocycles. The molecule has 2 heterocycles. The highest BCUT2D eigenvalue weighted by atomic mass is 16.4. The highest BCUT2D eigenvalue weighted by molar-refractivity contribution is 5.78. The van der Waals surface area contributed by atoms with Crippen LogP contribution in [0.25, 0.3) is 28.3 Å². The second-order valence-corrected chi connectivity index (χ2v) is 6.50. The predicted octanol–water partition coefficient (Wildman–Crippen LogP) is 0.601. The van der Waals surface area contributed by atoms with Crippen LogP contribution in [0, 0.1) is 0 Å². The van der Waals surface area contributed by atoms with E-state index in [4.69, 9.17) is 5.11 Å². The Morgan fingerprint density at radius 3 is 1.97 bits per heavy atom. The number of aliphatic hydroxyl groups is 4. The number of aromatic nitrogens is 5. The molecule has 0 aliphatic rings. The lowest BCUT2D eigenvalue weighted by molar-refractivity contribution is -0.0808. The molecule has 0 radical (unpaired) electrons. The molecule has 0 unspecified atom stereocenters. The molecule has 4 N–H and O–H groups in total. The van der Waals surface area contributed by atoms with Crippen LogP contribution in [0.2, 0.25) is 0 Å². The summed E-state index contributed by atoms with van der Waals surface area (Å²) >= 11 is 0.